The molecule has 2 unspecified atom stereocenters. The van der Waals surface area contributed by atoms with Crippen molar-refractivity contribution in [3.8, 4) is 0 Å². The first-order chi connectivity index (χ1) is 7.69. The van der Waals surface area contributed by atoms with Crippen molar-refractivity contribution in [2.24, 2.45) is 5.73 Å². The van der Waals surface area contributed by atoms with Gasteiger partial charge in [0.2, 0.25) is 5.91 Å². The summed E-state index contributed by atoms with van der Waals surface area (Å²) < 4.78 is 5.87. The molecule has 1 aliphatic carbocycles. The van der Waals surface area contributed by atoms with Gasteiger partial charge in [-0.2, -0.15) is 11.8 Å². The highest BCUT2D eigenvalue weighted by Gasteiger charge is 2.42. The van der Waals surface area contributed by atoms with Crippen molar-refractivity contribution < 1.29 is 9.53 Å². The molecule has 5 heteroatoms. The van der Waals surface area contributed by atoms with E-state index in [0.29, 0.717) is 11.3 Å². The lowest BCUT2D eigenvalue weighted by atomic mass is 10.2. The van der Waals surface area contributed by atoms with Crippen LogP contribution in [0.4, 0.5) is 0 Å². The van der Waals surface area contributed by atoms with Gasteiger partial charge in [0, 0.05) is 17.8 Å². The summed E-state index contributed by atoms with van der Waals surface area (Å²) in [5.74, 6) is 0.0382. The average Bonchev–Trinajstić information content (AvgIpc) is 2.94. The highest BCUT2D eigenvalue weighted by Crippen LogP contribution is 2.46. The summed E-state index contributed by atoms with van der Waals surface area (Å²) in [4.78, 5) is 11.8. The number of carbonyl (C=O) groups excluding carboxylic acids is 1. The molecule has 0 bridgehead atoms. The van der Waals surface area contributed by atoms with Gasteiger partial charge in [-0.3, -0.25) is 4.79 Å². The van der Waals surface area contributed by atoms with Crippen LogP contribution in [0.1, 0.15) is 25.7 Å². The predicted octanol–water partition coefficient (Wildman–Crippen LogP) is 0.504. The zero-order valence-corrected chi connectivity index (χ0v) is 10.5. The first-order valence-corrected chi connectivity index (χ1v) is 7.10. The molecule has 1 saturated heterocycles. The summed E-state index contributed by atoms with van der Waals surface area (Å²) in [6.45, 7) is 1.29. The monoisotopic (exact) mass is 244 g/mol. The van der Waals surface area contributed by atoms with Gasteiger partial charge in [-0.25, -0.2) is 0 Å². The fourth-order valence-electron chi connectivity index (χ4n) is 2.03. The zero-order chi connectivity index (χ0) is 11.6. The highest BCUT2D eigenvalue weighted by atomic mass is 32.2. The van der Waals surface area contributed by atoms with Crippen LogP contribution in [-0.4, -0.2) is 42.2 Å². The van der Waals surface area contributed by atoms with Crippen LogP contribution < -0.4 is 11.1 Å². The van der Waals surface area contributed by atoms with E-state index in [9.17, 15) is 4.79 Å². The van der Waals surface area contributed by atoms with Gasteiger partial charge in [-0.1, -0.05) is 0 Å². The van der Waals surface area contributed by atoms with Gasteiger partial charge in [-0.15, -0.1) is 0 Å². The number of hydrogen-bond acceptors (Lipinski definition) is 4. The molecule has 1 saturated carbocycles. The van der Waals surface area contributed by atoms with Crippen LogP contribution in [0.5, 0.6) is 0 Å². The van der Waals surface area contributed by atoms with Gasteiger partial charge in [0.15, 0.2) is 0 Å². The molecule has 2 fully saturated rings. The van der Waals surface area contributed by atoms with Crippen molar-refractivity contribution in [3.05, 3.63) is 0 Å². The van der Waals surface area contributed by atoms with Crippen molar-refractivity contribution in [2.75, 3.05) is 19.3 Å². The lowest BCUT2D eigenvalue weighted by Crippen LogP contribution is -2.39. The normalized spacial score (nSPS) is 31.4. The first kappa shape index (κ1) is 12.2. The fourth-order valence-corrected chi connectivity index (χ4v) is 2.75. The Balaban J connectivity index is 1.72. The van der Waals surface area contributed by atoms with E-state index in [-0.39, 0.29) is 18.1 Å². The number of carbonyl (C=O) groups is 1. The van der Waals surface area contributed by atoms with E-state index in [4.69, 9.17) is 10.5 Å². The standard InChI is InChI=1S/C11H20N2O2S/c1-16-11(4-5-11)7-13-10(14)9-3-2-8(6-12)15-9/h8-9H,2-7,12H2,1H3,(H,13,14). The number of nitrogens with one attached hydrogen (secondary N) is 1. The second kappa shape index (κ2) is 4.94. The smallest absolute Gasteiger partial charge is 0.249 e. The van der Waals surface area contributed by atoms with Crippen LogP contribution in [0.3, 0.4) is 0 Å². The Kier molecular flexibility index (Phi) is 3.77. The van der Waals surface area contributed by atoms with E-state index in [1.807, 2.05) is 11.8 Å². The summed E-state index contributed by atoms with van der Waals surface area (Å²) >= 11 is 1.85. The third kappa shape index (κ3) is 2.70. The number of rotatable bonds is 5. The number of ether oxygens (including phenoxy) is 1. The summed E-state index contributed by atoms with van der Waals surface area (Å²) in [5.41, 5.74) is 5.51. The topological polar surface area (TPSA) is 64.4 Å². The molecule has 2 atom stereocenters. The molecule has 1 heterocycles. The molecule has 1 amide bonds. The van der Waals surface area contributed by atoms with E-state index < -0.39 is 0 Å². The molecule has 4 nitrogen and oxygen atoms in total. The molecular formula is C11H20N2O2S. The Bertz CT molecular complexity index is 269. The lowest BCUT2D eigenvalue weighted by Gasteiger charge is -2.16. The van der Waals surface area contributed by atoms with E-state index in [1.54, 1.807) is 0 Å². The highest BCUT2D eigenvalue weighted by molar-refractivity contribution is 8.00. The Hall–Kier alpha value is -0.260. The lowest BCUT2D eigenvalue weighted by molar-refractivity contribution is -0.131. The molecule has 2 aliphatic rings. The van der Waals surface area contributed by atoms with Gasteiger partial charge in [0.1, 0.15) is 6.10 Å². The molecule has 3 N–H and O–H groups in total. The third-order valence-corrected chi connectivity index (χ3v) is 4.91. The average molecular weight is 244 g/mol. The first-order valence-electron chi connectivity index (χ1n) is 5.87. The second-order valence-electron chi connectivity index (χ2n) is 4.66. The van der Waals surface area contributed by atoms with Crippen LogP contribution in [0, 0.1) is 0 Å². The molecule has 16 heavy (non-hydrogen) atoms. The molecule has 2 rings (SSSR count). The van der Waals surface area contributed by atoms with Gasteiger partial charge < -0.3 is 15.8 Å². The van der Waals surface area contributed by atoms with Crippen LogP contribution in [0.25, 0.3) is 0 Å². The molecule has 92 valence electrons. The Morgan fingerprint density at radius 2 is 2.31 bits per heavy atom. The molecule has 0 aromatic heterocycles. The summed E-state index contributed by atoms with van der Waals surface area (Å²) in [6, 6.07) is 0. The molecular weight excluding hydrogens is 224 g/mol. The van der Waals surface area contributed by atoms with E-state index in [0.717, 1.165) is 19.4 Å². The van der Waals surface area contributed by atoms with Crippen molar-refractivity contribution >= 4 is 17.7 Å². The molecule has 0 aromatic carbocycles. The molecule has 1 aliphatic heterocycles. The fraction of sp³-hybridized carbons (Fsp3) is 0.909. The molecule has 0 radical (unpaired) electrons. The van der Waals surface area contributed by atoms with Gasteiger partial charge in [-0.05, 0) is 31.9 Å². The Morgan fingerprint density at radius 3 is 2.81 bits per heavy atom. The molecule has 0 spiro atoms. The molecule has 0 aromatic rings. The Labute approximate surface area is 101 Å². The largest absolute Gasteiger partial charge is 0.364 e. The summed E-state index contributed by atoms with van der Waals surface area (Å²) in [5, 5.41) is 3.00. The van der Waals surface area contributed by atoms with Gasteiger partial charge in [0.05, 0.1) is 6.10 Å². The maximum Gasteiger partial charge on any atom is 0.249 e. The van der Waals surface area contributed by atoms with Crippen LogP contribution >= 0.6 is 11.8 Å². The SMILES string of the molecule is CSC1(CNC(=O)C2CCC(CN)O2)CC1. The quantitative estimate of drug-likeness (QED) is 0.739. The van der Waals surface area contributed by atoms with Crippen molar-refractivity contribution in [2.45, 2.75) is 42.6 Å². The minimum Gasteiger partial charge on any atom is -0.364 e. The minimum absolute atomic E-state index is 0.0382. The predicted molar refractivity (Wildman–Crippen MR) is 65.4 cm³/mol. The second-order valence-corrected chi connectivity index (χ2v) is 5.94. The summed E-state index contributed by atoms with van der Waals surface area (Å²) in [7, 11) is 0. The van der Waals surface area contributed by atoms with Crippen molar-refractivity contribution in [1.29, 1.82) is 0 Å². The third-order valence-electron chi connectivity index (χ3n) is 3.49. The minimum atomic E-state index is -0.272. The van der Waals surface area contributed by atoms with E-state index >= 15 is 0 Å². The number of thioether (sulfide) groups is 1. The van der Waals surface area contributed by atoms with Crippen molar-refractivity contribution in [1.82, 2.24) is 5.32 Å². The maximum absolute atomic E-state index is 11.8. The Morgan fingerprint density at radius 1 is 1.56 bits per heavy atom. The van der Waals surface area contributed by atoms with Crippen LogP contribution in [-0.2, 0) is 9.53 Å². The van der Waals surface area contributed by atoms with E-state index in [1.165, 1.54) is 12.8 Å². The number of amides is 1. The van der Waals surface area contributed by atoms with E-state index in [2.05, 4.69) is 11.6 Å². The van der Waals surface area contributed by atoms with Crippen molar-refractivity contribution in [3.63, 3.8) is 0 Å². The zero-order valence-electron chi connectivity index (χ0n) is 9.70. The summed E-state index contributed by atoms with van der Waals surface area (Å²) in [6.07, 6.45) is 6.05. The number of hydrogen-bond donors (Lipinski definition) is 2. The van der Waals surface area contributed by atoms with Crippen LogP contribution in [0.15, 0.2) is 0 Å². The number of nitrogens with two attached hydrogens (primary N) is 1. The van der Waals surface area contributed by atoms with Gasteiger partial charge in [0.25, 0.3) is 0 Å². The van der Waals surface area contributed by atoms with Gasteiger partial charge >= 0.3 is 0 Å². The van der Waals surface area contributed by atoms with Crippen LogP contribution in [0.2, 0.25) is 0 Å². The maximum atomic E-state index is 11.8.